The second kappa shape index (κ2) is 11.7. The number of aryl methyl sites for hydroxylation is 1. The van der Waals surface area contributed by atoms with Crippen LogP contribution in [0.3, 0.4) is 0 Å². The van der Waals surface area contributed by atoms with Gasteiger partial charge in [-0.15, -0.1) is 0 Å². The molecule has 178 valence electrons. The molecule has 2 aromatic carbocycles. The molecule has 2 aromatic rings. The summed E-state index contributed by atoms with van der Waals surface area (Å²) in [5.41, 5.74) is 1.39. The summed E-state index contributed by atoms with van der Waals surface area (Å²) in [5.74, 6) is 1.33. The monoisotopic (exact) mass is 462 g/mol. The molecular weight excluding hydrogens is 424 g/mol. The topological polar surface area (TPSA) is 70.1 Å². The van der Waals surface area contributed by atoms with Crippen molar-refractivity contribution in [3.8, 4) is 5.75 Å². The van der Waals surface area contributed by atoms with Gasteiger partial charge in [0.1, 0.15) is 5.75 Å². The Hall–Kier alpha value is -2.09. The zero-order valence-electron chi connectivity index (χ0n) is 20.2. The molecule has 0 fully saturated rings. The summed E-state index contributed by atoms with van der Waals surface area (Å²) in [6.45, 7) is 12.5. The molecule has 0 aliphatic rings. The molecule has 1 N–H and O–H groups in total. The van der Waals surface area contributed by atoms with Crippen LogP contribution < -0.4 is 9.04 Å². The molecule has 2 rings (SSSR count). The third-order valence-corrected chi connectivity index (χ3v) is 6.85. The summed E-state index contributed by atoms with van der Waals surface area (Å²) in [5, 5.41) is 11.0. The van der Waals surface area contributed by atoms with Gasteiger partial charge in [0.25, 0.3) is 10.0 Å². The molecule has 0 spiro atoms. The maximum Gasteiger partial charge on any atom is 0.264 e. The van der Waals surface area contributed by atoms with E-state index in [0.717, 1.165) is 18.7 Å². The largest absolute Gasteiger partial charge is 0.495 e. The highest BCUT2D eigenvalue weighted by Crippen LogP contribution is 2.32. The molecule has 0 amide bonds. The average molecular weight is 463 g/mol. The van der Waals surface area contributed by atoms with Crippen LogP contribution in [0, 0.1) is 18.8 Å². The fourth-order valence-electron chi connectivity index (χ4n) is 3.80. The predicted octanol–water partition coefficient (Wildman–Crippen LogP) is 4.17. The lowest BCUT2D eigenvalue weighted by molar-refractivity contribution is 0.104. The third kappa shape index (κ3) is 7.22. The van der Waals surface area contributed by atoms with Crippen LogP contribution in [0.25, 0.3) is 0 Å². The van der Waals surface area contributed by atoms with Crippen molar-refractivity contribution in [2.45, 2.75) is 45.6 Å². The van der Waals surface area contributed by atoms with E-state index < -0.39 is 16.1 Å². The molecule has 0 saturated heterocycles. The van der Waals surface area contributed by atoms with Crippen molar-refractivity contribution >= 4 is 15.7 Å². The number of nitrogens with zero attached hydrogens (tertiary/aromatic N) is 2. The zero-order chi connectivity index (χ0) is 23.9. The first kappa shape index (κ1) is 26.2. The molecule has 0 aliphatic carbocycles. The highest BCUT2D eigenvalue weighted by Gasteiger charge is 2.30. The van der Waals surface area contributed by atoms with E-state index in [1.807, 2.05) is 6.92 Å². The summed E-state index contributed by atoms with van der Waals surface area (Å²) in [4.78, 5) is 2.39. The normalized spacial score (nSPS) is 13.1. The van der Waals surface area contributed by atoms with Gasteiger partial charge in [0, 0.05) is 19.6 Å². The minimum Gasteiger partial charge on any atom is -0.495 e. The molecule has 0 radical (unpaired) electrons. The van der Waals surface area contributed by atoms with Crippen LogP contribution in [0.2, 0.25) is 0 Å². The predicted molar refractivity (Wildman–Crippen MR) is 131 cm³/mol. The van der Waals surface area contributed by atoms with Gasteiger partial charge in [0.15, 0.2) is 0 Å². The van der Waals surface area contributed by atoms with Gasteiger partial charge in [-0.2, -0.15) is 0 Å². The van der Waals surface area contributed by atoms with Crippen molar-refractivity contribution in [1.82, 2.24) is 4.90 Å². The summed E-state index contributed by atoms with van der Waals surface area (Å²) >= 11 is 0. The van der Waals surface area contributed by atoms with E-state index in [1.54, 1.807) is 48.5 Å². The van der Waals surface area contributed by atoms with Crippen molar-refractivity contribution in [2.24, 2.45) is 11.8 Å². The molecule has 0 bridgehead atoms. The van der Waals surface area contributed by atoms with E-state index in [4.69, 9.17) is 4.74 Å². The van der Waals surface area contributed by atoms with Crippen LogP contribution >= 0.6 is 0 Å². The molecule has 0 heterocycles. The average Bonchev–Trinajstić information content (AvgIpc) is 2.71. The number of anilines is 1. The van der Waals surface area contributed by atoms with Crippen molar-refractivity contribution in [1.29, 1.82) is 0 Å². The Morgan fingerprint density at radius 1 is 0.875 bits per heavy atom. The Bertz CT molecular complexity index is 933. The molecular formula is C25H38N2O4S. The Morgan fingerprint density at radius 3 is 1.97 bits per heavy atom. The lowest BCUT2D eigenvalue weighted by Crippen LogP contribution is -2.44. The molecule has 7 heteroatoms. The Labute approximate surface area is 193 Å². The highest BCUT2D eigenvalue weighted by atomic mass is 32.2. The fourth-order valence-corrected chi connectivity index (χ4v) is 5.32. The van der Waals surface area contributed by atoms with E-state index >= 15 is 0 Å². The quantitative estimate of drug-likeness (QED) is 0.513. The first-order chi connectivity index (χ1) is 15.0. The summed E-state index contributed by atoms with van der Waals surface area (Å²) in [6, 6.07) is 13.7. The first-order valence-electron chi connectivity index (χ1n) is 11.2. The lowest BCUT2D eigenvalue weighted by Gasteiger charge is -2.32. The van der Waals surface area contributed by atoms with E-state index in [9.17, 15) is 13.5 Å². The molecule has 32 heavy (non-hydrogen) atoms. The number of methoxy groups -OCH3 is 1. The van der Waals surface area contributed by atoms with Crippen LogP contribution in [-0.4, -0.2) is 57.8 Å². The Kier molecular flexibility index (Phi) is 9.55. The number of ether oxygens (including phenoxy) is 1. The number of benzene rings is 2. The molecule has 1 atom stereocenters. The van der Waals surface area contributed by atoms with E-state index in [1.165, 1.54) is 11.4 Å². The highest BCUT2D eigenvalue weighted by molar-refractivity contribution is 7.92. The van der Waals surface area contributed by atoms with Crippen LogP contribution in [0.1, 0.15) is 33.3 Å². The van der Waals surface area contributed by atoms with E-state index in [0.29, 0.717) is 29.8 Å². The van der Waals surface area contributed by atoms with Gasteiger partial charge >= 0.3 is 0 Å². The van der Waals surface area contributed by atoms with Gasteiger partial charge in [-0.25, -0.2) is 8.42 Å². The number of sulfonamides is 1. The van der Waals surface area contributed by atoms with Crippen molar-refractivity contribution in [2.75, 3.05) is 37.6 Å². The second-order valence-electron chi connectivity index (χ2n) is 9.18. The number of para-hydroxylation sites is 2. The standard InChI is InChI=1S/C25H38N2O4S/c1-19(2)15-26(16-20(3)4)17-22(28)18-27(24-9-7-8-10-25(24)31-6)32(29,30)23-13-11-21(5)12-14-23/h7-14,19-20,22,28H,15-18H2,1-6H3/t22-/m0/s1. The second-order valence-corrected chi connectivity index (χ2v) is 11.0. The molecule has 6 nitrogen and oxygen atoms in total. The smallest absolute Gasteiger partial charge is 0.264 e. The van der Waals surface area contributed by atoms with Crippen LogP contribution in [-0.2, 0) is 10.0 Å². The maximum atomic E-state index is 13.6. The Morgan fingerprint density at radius 2 is 1.44 bits per heavy atom. The summed E-state index contributed by atoms with van der Waals surface area (Å²) < 4.78 is 34.0. The van der Waals surface area contributed by atoms with Gasteiger partial charge in [0.05, 0.1) is 30.3 Å². The zero-order valence-corrected chi connectivity index (χ0v) is 21.0. The minimum absolute atomic E-state index is 0.0662. The maximum absolute atomic E-state index is 13.6. The van der Waals surface area contributed by atoms with Crippen molar-refractivity contribution in [3.63, 3.8) is 0 Å². The number of aliphatic hydroxyl groups is 1. The molecule has 0 saturated carbocycles. The summed E-state index contributed by atoms with van der Waals surface area (Å²) in [6.07, 6.45) is -0.863. The van der Waals surface area contributed by atoms with Gasteiger partial charge in [-0.05, 0) is 43.0 Å². The fraction of sp³-hybridized carbons (Fsp3) is 0.520. The van der Waals surface area contributed by atoms with E-state index in [-0.39, 0.29) is 11.4 Å². The number of hydrogen-bond donors (Lipinski definition) is 1. The van der Waals surface area contributed by atoms with Crippen molar-refractivity contribution in [3.05, 3.63) is 54.1 Å². The molecule has 0 aromatic heterocycles. The number of hydrogen-bond acceptors (Lipinski definition) is 5. The van der Waals surface area contributed by atoms with Gasteiger partial charge in [0.2, 0.25) is 0 Å². The number of aliphatic hydroxyl groups excluding tert-OH is 1. The van der Waals surface area contributed by atoms with Crippen molar-refractivity contribution < 1.29 is 18.3 Å². The van der Waals surface area contributed by atoms with Gasteiger partial charge < -0.3 is 14.7 Å². The van der Waals surface area contributed by atoms with Crippen LogP contribution in [0.15, 0.2) is 53.4 Å². The van der Waals surface area contributed by atoms with E-state index in [2.05, 4.69) is 32.6 Å². The Balaban J connectivity index is 2.39. The van der Waals surface area contributed by atoms with Crippen LogP contribution in [0.4, 0.5) is 5.69 Å². The van der Waals surface area contributed by atoms with Crippen LogP contribution in [0.5, 0.6) is 5.75 Å². The lowest BCUT2D eigenvalue weighted by atomic mass is 10.1. The SMILES string of the molecule is COc1ccccc1N(C[C@@H](O)CN(CC(C)C)CC(C)C)S(=O)(=O)c1ccc(C)cc1. The minimum atomic E-state index is -3.91. The molecule has 0 aliphatic heterocycles. The number of rotatable bonds is 12. The van der Waals surface area contributed by atoms with Gasteiger partial charge in [-0.1, -0.05) is 57.5 Å². The first-order valence-corrected chi connectivity index (χ1v) is 12.6. The van der Waals surface area contributed by atoms with Gasteiger partial charge in [-0.3, -0.25) is 4.31 Å². The molecule has 0 unspecified atom stereocenters. The summed E-state index contributed by atoms with van der Waals surface area (Å²) in [7, 11) is -2.39. The third-order valence-electron chi connectivity index (χ3n) is 5.06.